The lowest BCUT2D eigenvalue weighted by Crippen LogP contribution is -2.20. The van der Waals surface area contributed by atoms with Crippen molar-refractivity contribution in [1.82, 2.24) is 0 Å². The third-order valence-corrected chi connectivity index (χ3v) is 3.24. The SMILES string of the molecule is COc1ccc(Oc2ccccc2NCC(O)CCl)cc1. The number of hydrogen-bond donors (Lipinski definition) is 2. The van der Waals surface area contributed by atoms with E-state index in [2.05, 4.69) is 5.32 Å². The molecule has 0 heterocycles. The fourth-order valence-electron chi connectivity index (χ4n) is 1.75. The molecule has 0 radical (unpaired) electrons. The molecule has 0 saturated heterocycles. The van der Waals surface area contributed by atoms with Crippen molar-refractivity contribution in [2.75, 3.05) is 24.9 Å². The highest BCUT2D eigenvalue weighted by atomic mass is 35.5. The predicted molar refractivity (Wildman–Crippen MR) is 84.7 cm³/mol. The van der Waals surface area contributed by atoms with Gasteiger partial charge in [0.05, 0.1) is 24.8 Å². The van der Waals surface area contributed by atoms with Gasteiger partial charge in [-0.05, 0) is 36.4 Å². The Hall–Kier alpha value is -1.91. The van der Waals surface area contributed by atoms with E-state index in [-0.39, 0.29) is 5.88 Å². The molecule has 1 atom stereocenters. The van der Waals surface area contributed by atoms with Crippen LogP contribution >= 0.6 is 11.6 Å². The van der Waals surface area contributed by atoms with Gasteiger partial charge in [-0.3, -0.25) is 0 Å². The third-order valence-electron chi connectivity index (χ3n) is 2.88. The van der Waals surface area contributed by atoms with Gasteiger partial charge in [0.2, 0.25) is 0 Å². The van der Waals surface area contributed by atoms with E-state index in [9.17, 15) is 5.11 Å². The van der Waals surface area contributed by atoms with Gasteiger partial charge >= 0.3 is 0 Å². The molecule has 2 aromatic rings. The van der Waals surface area contributed by atoms with Crippen LogP contribution in [0.3, 0.4) is 0 Å². The summed E-state index contributed by atoms with van der Waals surface area (Å²) < 4.78 is 11.0. The average molecular weight is 308 g/mol. The van der Waals surface area contributed by atoms with Crippen molar-refractivity contribution in [2.45, 2.75) is 6.10 Å². The molecule has 0 aliphatic carbocycles. The lowest BCUT2D eigenvalue weighted by Gasteiger charge is -2.14. The van der Waals surface area contributed by atoms with Gasteiger partial charge < -0.3 is 19.9 Å². The molecular formula is C16H18ClNO3. The molecule has 21 heavy (non-hydrogen) atoms. The second-order valence-corrected chi connectivity index (χ2v) is 4.77. The van der Waals surface area contributed by atoms with Gasteiger partial charge in [-0.15, -0.1) is 11.6 Å². The molecule has 112 valence electrons. The van der Waals surface area contributed by atoms with Crippen LogP contribution in [0.2, 0.25) is 0 Å². The number of hydrogen-bond acceptors (Lipinski definition) is 4. The van der Waals surface area contributed by atoms with E-state index < -0.39 is 6.10 Å². The van der Waals surface area contributed by atoms with E-state index in [1.54, 1.807) is 7.11 Å². The molecule has 2 rings (SSSR count). The largest absolute Gasteiger partial charge is 0.497 e. The molecule has 0 amide bonds. The minimum atomic E-state index is -0.597. The zero-order chi connectivity index (χ0) is 15.1. The van der Waals surface area contributed by atoms with Crippen LogP contribution in [-0.2, 0) is 0 Å². The van der Waals surface area contributed by atoms with E-state index in [0.29, 0.717) is 18.0 Å². The van der Waals surface area contributed by atoms with Crippen LogP contribution in [0, 0.1) is 0 Å². The Balaban J connectivity index is 2.08. The Morgan fingerprint density at radius 3 is 2.43 bits per heavy atom. The topological polar surface area (TPSA) is 50.7 Å². The number of para-hydroxylation sites is 2. The second kappa shape index (κ2) is 7.76. The average Bonchev–Trinajstić information content (AvgIpc) is 2.54. The summed E-state index contributed by atoms with van der Waals surface area (Å²) in [7, 11) is 1.62. The Bertz CT molecular complexity index is 560. The summed E-state index contributed by atoms with van der Waals surface area (Å²) in [6, 6.07) is 14.9. The van der Waals surface area contributed by atoms with Gasteiger partial charge in [-0.2, -0.15) is 0 Å². The van der Waals surface area contributed by atoms with Crippen LogP contribution in [0.1, 0.15) is 0 Å². The van der Waals surface area contributed by atoms with Crippen molar-refractivity contribution < 1.29 is 14.6 Å². The number of nitrogens with one attached hydrogen (secondary N) is 1. The number of aliphatic hydroxyl groups excluding tert-OH is 1. The molecule has 0 spiro atoms. The Labute approximate surface area is 129 Å². The molecule has 0 aromatic heterocycles. The molecule has 1 unspecified atom stereocenters. The normalized spacial score (nSPS) is 11.8. The van der Waals surface area contributed by atoms with E-state index in [0.717, 1.165) is 11.4 Å². The number of benzene rings is 2. The van der Waals surface area contributed by atoms with Crippen LogP contribution in [0.25, 0.3) is 0 Å². The minimum absolute atomic E-state index is 0.189. The monoisotopic (exact) mass is 307 g/mol. The molecule has 5 heteroatoms. The fourth-order valence-corrected chi connectivity index (χ4v) is 1.86. The zero-order valence-electron chi connectivity index (χ0n) is 11.8. The summed E-state index contributed by atoms with van der Waals surface area (Å²) in [5, 5.41) is 12.6. The summed E-state index contributed by atoms with van der Waals surface area (Å²) in [5.41, 5.74) is 0.803. The maximum Gasteiger partial charge on any atom is 0.150 e. The van der Waals surface area contributed by atoms with Crippen molar-refractivity contribution in [3.8, 4) is 17.2 Å². The minimum Gasteiger partial charge on any atom is -0.497 e. The number of ether oxygens (including phenoxy) is 2. The lowest BCUT2D eigenvalue weighted by atomic mass is 10.2. The first kappa shape index (κ1) is 15.5. The van der Waals surface area contributed by atoms with E-state index in [1.165, 1.54) is 0 Å². The van der Waals surface area contributed by atoms with Crippen LogP contribution in [0.15, 0.2) is 48.5 Å². The Morgan fingerprint density at radius 1 is 1.10 bits per heavy atom. The van der Waals surface area contributed by atoms with E-state index in [1.807, 2.05) is 48.5 Å². The van der Waals surface area contributed by atoms with E-state index in [4.69, 9.17) is 21.1 Å². The van der Waals surface area contributed by atoms with Crippen LogP contribution in [0.5, 0.6) is 17.2 Å². The summed E-state index contributed by atoms with van der Waals surface area (Å²) in [6.07, 6.45) is -0.597. The molecule has 0 saturated carbocycles. The first-order valence-electron chi connectivity index (χ1n) is 6.61. The summed E-state index contributed by atoms with van der Waals surface area (Å²) >= 11 is 5.58. The number of halogens is 1. The smallest absolute Gasteiger partial charge is 0.150 e. The maximum atomic E-state index is 9.51. The van der Waals surface area contributed by atoms with Gasteiger partial charge in [0.15, 0.2) is 5.75 Å². The molecule has 0 fully saturated rings. The molecule has 0 aliphatic heterocycles. The van der Waals surface area contributed by atoms with Crippen LogP contribution < -0.4 is 14.8 Å². The van der Waals surface area contributed by atoms with Gasteiger partial charge in [0.1, 0.15) is 11.5 Å². The first-order valence-corrected chi connectivity index (χ1v) is 7.15. The third kappa shape index (κ3) is 4.55. The zero-order valence-corrected chi connectivity index (χ0v) is 12.5. The van der Waals surface area contributed by atoms with Crippen molar-refractivity contribution in [2.24, 2.45) is 0 Å². The second-order valence-electron chi connectivity index (χ2n) is 4.46. The predicted octanol–water partition coefficient (Wildman–Crippen LogP) is 3.50. The maximum absolute atomic E-state index is 9.51. The molecule has 4 nitrogen and oxygen atoms in total. The highest BCUT2D eigenvalue weighted by Gasteiger charge is 2.07. The van der Waals surface area contributed by atoms with Crippen molar-refractivity contribution in [1.29, 1.82) is 0 Å². The Morgan fingerprint density at radius 2 is 1.76 bits per heavy atom. The van der Waals surface area contributed by atoms with Crippen LogP contribution in [-0.4, -0.2) is 30.7 Å². The number of alkyl halides is 1. The van der Waals surface area contributed by atoms with Gasteiger partial charge in [0.25, 0.3) is 0 Å². The molecule has 0 bridgehead atoms. The van der Waals surface area contributed by atoms with Crippen molar-refractivity contribution in [3.63, 3.8) is 0 Å². The fraction of sp³-hybridized carbons (Fsp3) is 0.250. The van der Waals surface area contributed by atoms with Gasteiger partial charge in [-0.1, -0.05) is 12.1 Å². The standard InChI is InChI=1S/C16H18ClNO3/c1-20-13-6-8-14(9-7-13)21-16-5-3-2-4-15(16)18-11-12(19)10-17/h2-9,12,18-19H,10-11H2,1H3. The summed E-state index contributed by atoms with van der Waals surface area (Å²) in [6.45, 7) is 0.368. The highest BCUT2D eigenvalue weighted by molar-refractivity contribution is 6.18. The number of rotatable bonds is 7. The number of aliphatic hydroxyl groups is 1. The molecule has 2 N–H and O–H groups in total. The van der Waals surface area contributed by atoms with E-state index >= 15 is 0 Å². The van der Waals surface area contributed by atoms with Gasteiger partial charge in [-0.25, -0.2) is 0 Å². The van der Waals surface area contributed by atoms with Gasteiger partial charge in [0, 0.05) is 6.54 Å². The van der Waals surface area contributed by atoms with Crippen LogP contribution in [0.4, 0.5) is 5.69 Å². The molecule has 2 aromatic carbocycles. The first-order chi connectivity index (χ1) is 10.2. The van der Waals surface area contributed by atoms with Crippen molar-refractivity contribution >= 4 is 17.3 Å². The number of anilines is 1. The highest BCUT2D eigenvalue weighted by Crippen LogP contribution is 2.30. The quantitative estimate of drug-likeness (QED) is 0.769. The molecule has 0 aliphatic rings. The Kier molecular flexibility index (Phi) is 5.72. The summed E-state index contributed by atoms with van der Waals surface area (Å²) in [5.74, 6) is 2.36. The molecular weight excluding hydrogens is 290 g/mol. The summed E-state index contributed by atoms with van der Waals surface area (Å²) in [4.78, 5) is 0. The van der Waals surface area contributed by atoms with Crippen molar-refractivity contribution in [3.05, 3.63) is 48.5 Å². The number of methoxy groups -OCH3 is 1. The lowest BCUT2D eigenvalue weighted by molar-refractivity contribution is 0.211.